The highest BCUT2D eigenvalue weighted by atomic mass is 79.9. The molecule has 212 valence electrons. The molecular formula is C33H37BrClNO4. The van der Waals surface area contributed by atoms with Crippen molar-refractivity contribution >= 4 is 39.1 Å². The highest BCUT2D eigenvalue weighted by molar-refractivity contribution is 9.10. The molecule has 2 aromatic rings. The van der Waals surface area contributed by atoms with E-state index in [0.717, 1.165) is 53.1 Å². The van der Waals surface area contributed by atoms with Gasteiger partial charge in [0.05, 0.1) is 11.6 Å². The van der Waals surface area contributed by atoms with Gasteiger partial charge in [0.25, 0.3) is 0 Å². The number of nitrogens with zero attached hydrogens (tertiary/aromatic N) is 1. The van der Waals surface area contributed by atoms with Crippen LogP contribution < -0.4 is 9.47 Å². The van der Waals surface area contributed by atoms with Crippen molar-refractivity contribution in [1.29, 1.82) is 0 Å². The average molecular weight is 627 g/mol. The van der Waals surface area contributed by atoms with E-state index in [1.807, 2.05) is 36.4 Å². The molecule has 5 nitrogen and oxygen atoms in total. The van der Waals surface area contributed by atoms with Crippen LogP contribution in [-0.4, -0.2) is 30.1 Å². The van der Waals surface area contributed by atoms with Crippen LogP contribution in [0.15, 0.2) is 63.4 Å². The van der Waals surface area contributed by atoms with Gasteiger partial charge in [-0.05, 0) is 81.9 Å². The highest BCUT2D eigenvalue weighted by Gasteiger charge is 2.48. The van der Waals surface area contributed by atoms with Crippen molar-refractivity contribution in [2.45, 2.75) is 72.8 Å². The molecule has 0 bridgehead atoms. The Morgan fingerprint density at radius 2 is 1.48 bits per heavy atom. The smallest absolute Gasteiger partial charge is 0.175 e. The molecule has 2 aromatic carbocycles. The molecule has 40 heavy (non-hydrogen) atoms. The summed E-state index contributed by atoms with van der Waals surface area (Å²) in [5.74, 6) is 0.931. The SMILES string of the molecule is CCN1C2=C(C(=O)CC(C)(C)C2)C(c2cc(Br)c(OCc3ccc(Cl)cc3)c(OC)c2)C2=C1CC(C)(C)CC2=O. The molecule has 0 fully saturated rings. The fraction of sp³-hybridized carbons (Fsp3) is 0.455. The second kappa shape index (κ2) is 10.7. The number of ether oxygens (including phenoxy) is 2. The van der Waals surface area contributed by atoms with Crippen molar-refractivity contribution < 1.29 is 19.1 Å². The van der Waals surface area contributed by atoms with Crippen LogP contribution in [-0.2, 0) is 16.2 Å². The zero-order chi connectivity index (χ0) is 29.0. The predicted octanol–water partition coefficient (Wildman–Crippen LogP) is 8.40. The van der Waals surface area contributed by atoms with Crippen LogP contribution in [0.25, 0.3) is 0 Å². The minimum atomic E-state index is -0.435. The Kier molecular flexibility index (Phi) is 7.73. The summed E-state index contributed by atoms with van der Waals surface area (Å²) in [6.07, 6.45) is 2.51. The average Bonchev–Trinajstić information content (AvgIpc) is 2.86. The van der Waals surface area contributed by atoms with Gasteiger partial charge in [-0.3, -0.25) is 9.59 Å². The standard InChI is InChI=1S/C33H37BrClNO4/c1-7-36-23-14-32(2,3)16-25(37)29(23)28(30-24(36)15-33(4,5)17-26(30)38)20-12-22(34)31(27(13-20)39-6)40-18-19-8-10-21(35)11-9-19/h8-13,28H,7,14-18H2,1-6H3. The van der Waals surface area contributed by atoms with Gasteiger partial charge < -0.3 is 14.4 Å². The minimum Gasteiger partial charge on any atom is -0.493 e. The van der Waals surface area contributed by atoms with Gasteiger partial charge in [0.15, 0.2) is 23.1 Å². The van der Waals surface area contributed by atoms with E-state index in [2.05, 4.69) is 55.4 Å². The van der Waals surface area contributed by atoms with Gasteiger partial charge in [0, 0.05) is 52.9 Å². The number of allylic oxidation sites excluding steroid dienone is 4. The minimum absolute atomic E-state index is 0.122. The number of halogens is 2. The van der Waals surface area contributed by atoms with Gasteiger partial charge in [-0.2, -0.15) is 0 Å². The Hall–Kier alpha value is -2.57. The lowest BCUT2D eigenvalue weighted by Gasteiger charge is -2.49. The van der Waals surface area contributed by atoms with Crippen LogP contribution in [0, 0.1) is 10.8 Å². The first kappa shape index (κ1) is 28.9. The van der Waals surface area contributed by atoms with Gasteiger partial charge in [-0.15, -0.1) is 0 Å². The van der Waals surface area contributed by atoms with E-state index in [9.17, 15) is 9.59 Å². The molecule has 0 N–H and O–H groups in total. The van der Waals surface area contributed by atoms with Gasteiger partial charge >= 0.3 is 0 Å². The first-order valence-electron chi connectivity index (χ1n) is 13.9. The number of benzene rings is 2. The lowest BCUT2D eigenvalue weighted by Crippen LogP contribution is -2.44. The fourth-order valence-corrected chi connectivity index (χ4v) is 7.25. The second-order valence-electron chi connectivity index (χ2n) is 12.7. The summed E-state index contributed by atoms with van der Waals surface area (Å²) in [6, 6.07) is 11.4. The summed E-state index contributed by atoms with van der Waals surface area (Å²) < 4.78 is 12.7. The van der Waals surface area contributed by atoms with E-state index in [-0.39, 0.29) is 22.4 Å². The number of ketones is 2. The molecule has 0 atom stereocenters. The molecule has 1 aliphatic heterocycles. The van der Waals surface area contributed by atoms with Crippen molar-refractivity contribution in [3.8, 4) is 11.5 Å². The zero-order valence-corrected chi connectivity index (χ0v) is 26.5. The summed E-state index contributed by atoms with van der Waals surface area (Å²) in [7, 11) is 1.61. The third-order valence-corrected chi connectivity index (χ3v) is 9.06. The summed E-state index contributed by atoms with van der Waals surface area (Å²) in [5, 5.41) is 0.671. The summed E-state index contributed by atoms with van der Waals surface area (Å²) >= 11 is 9.75. The number of Topliss-reactive ketones (excluding diaryl/α,β-unsaturated/α-hetero) is 2. The van der Waals surface area contributed by atoms with Crippen molar-refractivity contribution in [1.82, 2.24) is 4.90 Å². The van der Waals surface area contributed by atoms with Crippen molar-refractivity contribution in [2.24, 2.45) is 10.8 Å². The molecule has 0 spiro atoms. The molecular weight excluding hydrogens is 590 g/mol. The van der Waals surface area contributed by atoms with Crippen molar-refractivity contribution in [3.63, 3.8) is 0 Å². The lowest BCUT2D eigenvalue weighted by atomic mass is 9.63. The number of methoxy groups -OCH3 is 1. The maximum absolute atomic E-state index is 13.9. The maximum Gasteiger partial charge on any atom is 0.175 e. The molecule has 0 saturated carbocycles. The monoisotopic (exact) mass is 625 g/mol. The maximum atomic E-state index is 13.9. The Morgan fingerprint density at radius 1 is 0.925 bits per heavy atom. The largest absolute Gasteiger partial charge is 0.493 e. The summed E-state index contributed by atoms with van der Waals surface area (Å²) in [5.41, 5.74) is 5.21. The predicted molar refractivity (Wildman–Crippen MR) is 162 cm³/mol. The van der Waals surface area contributed by atoms with E-state index in [4.69, 9.17) is 21.1 Å². The first-order chi connectivity index (χ1) is 18.8. The topological polar surface area (TPSA) is 55.8 Å². The quantitative estimate of drug-likeness (QED) is 0.322. The summed E-state index contributed by atoms with van der Waals surface area (Å²) in [6.45, 7) is 11.8. The van der Waals surface area contributed by atoms with Crippen molar-refractivity contribution in [3.05, 3.63) is 79.6 Å². The highest BCUT2D eigenvalue weighted by Crippen LogP contribution is 2.55. The third-order valence-electron chi connectivity index (χ3n) is 8.22. The van der Waals surface area contributed by atoms with E-state index < -0.39 is 5.92 Å². The molecule has 1 heterocycles. The second-order valence-corrected chi connectivity index (χ2v) is 14.0. The van der Waals surface area contributed by atoms with Gasteiger partial charge in [-0.1, -0.05) is 51.4 Å². The van der Waals surface area contributed by atoms with Crippen LogP contribution in [0.1, 0.15) is 77.3 Å². The number of carbonyl (C=O) groups excluding carboxylic acids is 2. The van der Waals surface area contributed by atoms with Gasteiger partial charge in [0.2, 0.25) is 0 Å². The first-order valence-corrected chi connectivity index (χ1v) is 15.1. The van der Waals surface area contributed by atoms with Crippen LogP contribution in [0.2, 0.25) is 5.02 Å². The number of carbonyl (C=O) groups is 2. The number of hydrogen-bond acceptors (Lipinski definition) is 5. The molecule has 0 amide bonds. The third kappa shape index (κ3) is 5.37. The van der Waals surface area contributed by atoms with Crippen LogP contribution in [0.5, 0.6) is 11.5 Å². The van der Waals surface area contributed by atoms with Crippen LogP contribution in [0.4, 0.5) is 0 Å². The molecule has 0 saturated heterocycles. The Bertz CT molecular complexity index is 1380. The van der Waals surface area contributed by atoms with E-state index >= 15 is 0 Å². The molecule has 2 aliphatic carbocycles. The number of hydrogen-bond donors (Lipinski definition) is 0. The molecule has 0 radical (unpaired) electrons. The summed E-state index contributed by atoms with van der Waals surface area (Å²) in [4.78, 5) is 30.1. The van der Waals surface area contributed by atoms with E-state index in [1.54, 1.807) is 7.11 Å². The Morgan fingerprint density at radius 3 is 1.98 bits per heavy atom. The molecule has 3 aliphatic rings. The molecule has 0 aromatic heterocycles. The van der Waals surface area contributed by atoms with E-state index in [0.29, 0.717) is 40.4 Å². The van der Waals surface area contributed by atoms with Crippen LogP contribution >= 0.6 is 27.5 Å². The van der Waals surface area contributed by atoms with Gasteiger partial charge in [0.1, 0.15) is 6.61 Å². The normalized spacial score (nSPS) is 20.4. The number of rotatable bonds is 6. The van der Waals surface area contributed by atoms with Gasteiger partial charge in [-0.25, -0.2) is 0 Å². The molecule has 0 unspecified atom stereocenters. The zero-order valence-electron chi connectivity index (χ0n) is 24.1. The van der Waals surface area contributed by atoms with Crippen LogP contribution in [0.3, 0.4) is 0 Å². The molecule has 7 heteroatoms. The Balaban J connectivity index is 1.64. The lowest BCUT2D eigenvalue weighted by molar-refractivity contribution is -0.119. The van der Waals surface area contributed by atoms with Crippen molar-refractivity contribution in [2.75, 3.05) is 13.7 Å². The Labute approximate surface area is 250 Å². The van der Waals surface area contributed by atoms with E-state index in [1.165, 1.54) is 0 Å². The fourth-order valence-electron chi connectivity index (χ4n) is 6.55. The molecule has 5 rings (SSSR count).